The fourth-order valence-electron chi connectivity index (χ4n) is 4.33. The van der Waals surface area contributed by atoms with Gasteiger partial charge >= 0.3 is 0 Å². The first-order valence-electron chi connectivity index (χ1n) is 14.3. The van der Waals surface area contributed by atoms with Gasteiger partial charge in [-0.05, 0) is 69.4 Å². The van der Waals surface area contributed by atoms with Crippen LogP contribution in [0.5, 0.6) is 0 Å². The van der Waals surface area contributed by atoms with Crippen LogP contribution in [-0.2, 0) is 19.3 Å². The SMILES string of the molecule is CC(C)(C)CCc1ccccc1.CC(C)(C)Cc1ccc2ccccc2c1.CC(C)(C)Cc1ccccc1. The first kappa shape index (κ1) is 31.4. The molecule has 0 nitrogen and oxygen atoms in total. The Morgan fingerprint density at radius 1 is 0.395 bits per heavy atom. The average molecular weight is 509 g/mol. The van der Waals surface area contributed by atoms with Crippen molar-refractivity contribution >= 4 is 10.8 Å². The fourth-order valence-corrected chi connectivity index (χ4v) is 4.33. The van der Waals surface area contributed by atoms with Crippen LogP contribution in [0.2, 0.25) is 0 Å². The van der Waals surface area contributed by atoms with Crippen LogP contribution < -0.4 is 0 Å². The molecule has 38 heavy (non-hydrogen) atoms. The highest BCUT2D eigenvalue weighted by atomic mass is 14.2. The lowest BCUT2D eigenvalue weighted by Crippen LogP contribution is -2.08. The van der Waals surface area contributed by atoms with Gasteiger partial charge in [-0.2, -0.15) is 0 Å². The van der Waals surface area contributed by atoms with E-state index in [0.29, 0.717) is 16.2 Å². The Balaban J connectivity index is 0.000000203. The summed E-state index contributed by atoms with van der Waals surface area (Å²) in [6, 6.07) is 36.6. The Hall–Kier alpha value is -2.86. The van der Waals surface area contributed by atoms with Gasteiger partial charge in [-0.1, -0.05) is 165 Å². The maximum Gasteiger partial charge on any atom is -0.0181 e. The summed E-state index contributed by atoms with van der Waals surface area (Å²) in [5.41, 5.74) is 5.54. The van der Waals surface area contributed by atoms with E-state index in [4.69, 9.17) is 0 Å². The third-order valence-corrected chi connectivity index (χ3v) is 6.13. The molecule has 4 rings (SSSR count). The van der Waals surface area contributed by atoms with Crippen LogP contribution in [0.25, 0.3) is 10.8 Å². The Morgan fingerprint density at radius 3 is 1.34 bits per heavy atom. The lowest BCUT2D eigenvalue weighted by atomic mass is 9.87. The number of benzene rings is 4. The van der Waals surface area contributed by atoms with Crippen LogP contribution in [-0.4, -0.2) is 0 Å². The molecule has 0 aliphatic carbocycles. The van der Waals surface area contributed by atoms with E-state index in [2.05, 4.69) is 165 Å². The number of fused-ring (bicyclic) bond motifs is 1. The van der Waals surface area contributed by atoms with Gasteiger partial charge in [-0.15, -0.1) is 0 Å². The van der Waals surface area contributed by atoms with Crippen LogP contribution in [0.1, 0.15) is 85.4 Å². The third kappa shape index (κ3) is 14.2. The van der Waals surface area contributed by atoms with Crippen molar-refractivity contribution < 1.29 is 0 Å². The maximum atomic E-state index is 2.31. The first-order chi connectivity index (χ1) is 17.7. The van der Waals surface area contributed by atoms with Gasteiger partial charge in [0.05, 0.1) is 0 Å². The van der Waals surface area contributed by atoms with E-state index in [0.717, 1.165) is 12.8 Å². The van der Waals surface area contributed by atoms with Crippen LogP contribution in [0.15, 0.2) is 103 Å². The molecular weight excluding hydrogens is 456 g/mol. The van der Waals surface area contributed by atoms with Crippen molar-refractivity contribution in [1.82, 2.24) is 0 Å². The van der Waals surface area contributed by atoms with E-state index in [1.165, 1.54) is 40.3 Å². The molecule has 0 spiro atoms. The van der Waals surface area contributed by atoms with Crippen molar-refractivity contribution in [3.05, 3.63) is 120 Å². The minimum absolute atomic E-state index is 0.364. The van der Waals surface area contributed by atoms with Crippen molar-refractivity contribution in [3.63, 3.8) is 0 Å². The van der Waals surface area contributed by atoms with Gasteiger partial charge in [0.25, 0.3) is 0 Å². The molecule has 0 saturated heterocycles. The van der Waals surface area contributed by atoms with E-state index < -0.39 is 0 Å². The summed E-state index contributed by atoms with van der Waals surface area (Å²) in [4.78, 5) is 0. The van der Waals surface area contributed by atoms with Gasteiger partial charge in [-0.3, -0.25) is 0 Å². The largest absolute Gasteiger partial charge is 0.0622 e. The minimum Gasteiger partial charge on any atom is -0.0622 e. The summed E-state index contributed by atoms with van der Waals surface area (Å²) in [6.07, 6.45) is 4.76. The Labute approximate surface area is 234 Å². The molecule has 0 fully saturated rings. The summed E-state index contributed by atoms with van der Waals surface area (Å²) in [5.74, 6) is 0. The Bertz CT molecular complexity index is 1180. The summed E-state index contributed by atoms with van der Waals surface area (Å²) >= 11 is 0. The summed E-state index contributed by atoms with van der Waals surface area (Å²) < 4.78 is 0. The summed E-state index contributed by atoms with van der Waals surface area (Å²) in [7, 11) is 0. The van der Waals surface area contributed by atoms with Crippen LogP contribution in [0.4, 0.5) is 0 Å². The molecule has 0 unspecified atom stereocenters. The van der Waals surface area contributed by atoms with Gasteiger partial charge in [0, 0.05) is 0 Å². The van der Waals surface area contributed by atoms with E-state index in [1.54, 1.807) is 0 Å². The average Bonchev–Trinajstić information content (AvgIpc) is 2.82. The molecule has 0 heterocycles. The summed E-state index contributed by atoms with van der Waals surface area (Å²) in [6.45, 7) is 20.5. The van der Waals surface area contributed by atoms with Crippen LogP contribution in [0.3, 0.4) is 0 Å². The smallest absolute Gasteiger partial charge is 0.0181 e. The van der Waals surface area contributed by atoms with Crippen molar-refractivity contribution in [2.24, 2.45) is 16.2 Å². The molecule has 4 aromatic carbocycles. The second-order valence-corrected chi connectivity index (χ2v) is 14.2. The van der Waals surface area contributed by atoms with Gasteiger partial charge in [0.2, 0.25) is 0 Å². The zero-order valence-electron chi connectivity index (χ0n) is 25.6. The second kappa shape index (κ2) is 14.3. The zero-order chi connectivity index (χ0) is 28.2. The molecule has 0 N–H and O–H groups in total. The van der Waals surface area contributed by atoms with Crippen molar-refractivity contribution in [2.45, 2.75) is 88.0 Å². The summed E-state index contributed by atoms with van der Waals surface area (Å²) in [5, 5.41) is 2.68. The molecule has 0 aliphatic heterocycles. The Morgan fingerprint density at radius 2 is 0.842 bits per heavy atom. The number of hydrogen-bond donors (Lipinski definition) is 0. The van der Waals surface area contributed by atoms with E-state index in [1.807, 2.05) is 0 Å². The first-order valence-corrected chi connectivity index (χ1v) is 14.3. The van der Waals surface area contributed by atoms with Crippen LogP contribution >= 0.6 is 0 Å². The molecule has 0 atom stereocenters. The van der Waals surface area contributed by atoms with Gasteiger partial charge in [-0.25, -0.2) is 0 Å². The molecule has 0 aromatic heterocycles. The van der Waals surface area contributed by atoms with Crippen molar-refractivity contribution in [1.29, 1.82) is 0 Å². The highest BCUT2D eigenvalue weighted by Gasteiger charge is 2.12. The predicted molar refractivity (Wildman–Crippen MR) is 171 cm³/mol. The maximum absolute atomic E-state index is 2.31. The molecule has 0 saturated carbocycles. The standard InChI is InChI=1S/C15H18.C12H18.C11H16/c1-15(2,3)11-12-8-9-13-6-4-5-7-14(13)10-12;1-12(2,3)10-9-11-7-5-4-6-8-11;1-11(2,3)9-10-7-5-4-6-8-10/h4-10H,11H2,1-3H3;4-8H,9-10H2,1-3H3;4-8H,9H2,1-3H3. The van der Waals surface area contributed by atoms with Crippen LogP contribution in [0, 0.1) is 16.2 Å². The van der Waals surface area contributed by atoms with E-state index in [-0.39, 0.29) is 0 Å². The topological polar surface area (TPSA) is 0 Å². The highest BCUT2D eigenvalue weighted by Crippen LogP contribution is 2.24. The lowest BCUT2D eigenvalue weighted by Gasteiger charge is -2.18. The lowest BCUT2D eigenvalue weighted by molar-refractivity contribution is 0.378. The van der Waals surface area contributed by atoms with E-state index in [9.17, 15) is 0 Å². The predicted octanol–water partition coefficient (Wildman–Crippen LogP) is 11.4. The highest BCUT2D eigenvalue weighted by molar-refractivity contribution is 5.83. The molecular formula is C38H52. The second-order valence-electron chi connectivity index (χ2n) is 14.2. The number of aryl methyl sites for hydroxylation is 1. The van der Waals surface area contributed by atoms with Gasteiger partial charge in [0.1, 0.15) is 0 Å². The molecule has 0 aliphatic rings. The molecule has 0 bridgehead atoms. The molecule has 0 heteroatoms. The zero-order valence-corrected chi connectivity index (χ0v) is 25.6. The molecule has 4 aromatic rings. The monoisotopic (exact) mass is 508 g/mol. The van der Waals surface area contributed by atoms with Gasteiger partial charge < -0.3 is 0 Å². The number of rotatable bonds is 4. The van der Waals surface area contributed by atoms with Crippen molar-refractivity contribution in [3.8, 4) is 0 Å². The molecule has 0 radical (unpaired) electrons. The van der Waals surface area contributed by atoms with Gasteiger partial charge in [0.15, 0.2) is 0 Å². The minimum atomic E-state index is 0.364. The fraction of sp³-hybridized carbons (Fsp3) is 0.421. The molecule has 0 amide bonds. The Kier molecular flexibility index (Phi) is 11.8. The quantitative estimate of drug-likeness (QED) is 0.257. The third-order valence-electron chi connectivity index (χ3n) is 6.13. The molecule has 204 valence electrons. The normalized spacial score (nSPS) is 11.7. The van der Waals surface area contributed by atoms with Crippen molar-refractivity contribution in [2.75, 3.05) is 0 Å². The number of hydrogen-bond acceptors (Lipinski definition) is 0. The van der Waals surface area contributed by atoms with E-state index >= 15 is 0 Å².